The van der Waals surface area contributed by atoms with Crippen LogP contribution < -0.4 is 5.32 Å². The SMILES string of the molecule is O=C(NC[C@@H](c1ccccc1)N1CCOCC1)c1cccc(Cl)c1. The molecule has 1 amide bonds. The molecule has 4 nitrogen and oxygen atoms in total. The van der Waals surface area contributed by atoms with E-state index in [1.807, 2.05) is 18.2 Å². The van der Waals surface area contributed by atoms with Crippen molar-refractivity contribution in [3.05, 3.63) is 70.7 Å². The molecular formula is C19H21ClN2O2. The molecule has 1 aliphatic rings. The van der Waals surface area contributed by atoms with Gasteiger partial charge < -0.3 is 10.1 Å². The molecule has 24 heavy (non-hydrogen) atoms. The maximum absolute atomic E-state index is 12.4. The zero-order chi connectivity index (χ0) is 16.8. The highest BCUT2D eigenvalue weighted by Crippen LogP contribution is 2.21. The van der Waals surface area contributed by atoms with Gasteiger partial charge in [0.2, 0.25) is 0 Å². The summed E-state index contributed by atoms with van der Waals surface area (Å²) in [6, 6.07) is 17.4. The van der Waals surface area contributed by atoms with Crippen LogP contribution in [-0.2, 0) is 4.74 Å². The lowest BCUT2D eigenvalue weighted by Gasteiger charge is -2.35. The third-order valence-corrected chi connectivity index (χ3v) is 4.45. The maximum atomic E-state index is 12.4. The largest absolute Gasteiger partial charge is 0.379 e. The Morgan fingerprint density at radius 2 is 1.88 bits per heavy atom. The van der Waals surface area contributed by atoms with Crippen LogP contribution in [0.4, 0.5) is 0 Å². The second kappa shape index (κ2) is 8.29. The fraction of sp³-hybridized carbons (Fsp3) is 0.316. The van der Waals surface area contributed by atoms with Crippen molar-refractivity contribution in [1.82, 2.24) is 10.2 Å². The summed E-state index contributed by atoms with van der Waals surface area (Å²) in [5.41, 5.74) is 1.78. The van der Waals surface area contributed by atoms with E-state index in [0.29, 0.717) is 17.1 Å². The van der Waals surface area contributed by atoms with E-state index in [1.165, 1.54) is 5.56 Å². The molecule has 1 aliphatic heterocycles. The van der Waals surface area contributed by atoms with Crippen molar-refractivity contribution >= 4 is 17.5 Å². The van der Waals surface area contributed by atoms with Crippen LogP contribution in [0.3, 0.4) is 0 Å². The van der Waals surface area contributed by atoms with E-state index in [1.54, 1.807) is 24.3 Å². The van der Waals surface area contributed by atoms with Crippen molar-refractivity contribution in [1.29, 1.82) is 0 Å². The van der Waals surface area contributed by atoms with Crippen LogP contribution in [0.15, 0.2) is 54.6 Å². The van der Waals surface area contributed by atoms with Gasteiger partial charge in [-0.2, -0.15) is 0 Å². The van der Waals surface area contributed by atoms with Crippen molar-refractivity contribution in [2.45, 2.75) is 6.04 Å². The molecule has 1 saturated heterocycles. The molecule has 0 saturated carbocycles. The summed E-state index contributed by atoms with van der Waals surface area (Å²) in [5.74, 6) is -0.105. The van der Waals surface area contributed by atoms with Crippen molar-refractivity contribution in [3.63, 3.8) is 0 Å². The van der Waals surface area contributed by atoms with Crippen LogP contribution >= 0.6 is 11.6 Å². The molecule has 0 unspecified atom stereocenters. The first-order valence-electron chi connectivity index (χ1n) is 8.14. The molecule has 1 N–H and O–H groups in total. The average molecular weight is 345 g/mol. The Bertz CT molecular complexity index is 672. The Morgan fingerprint density at radius 3 is 2.58 bits per heavy atom. The highest BCUT2D eigenvalue weighted by atomic mass is 35.5. The zero-order valence-corrected chi connectivity index (χ0v) is 14.2. The molecule has 0 radical (unpaired) electrons. The molecule has 0 aromatic heterocycles. The third kappa shape index (κ3) is 4.35. The Hall–Kier alpha value is -1.88. The summed E-state index contributed by atoms with van der Waals surface area (Å²) < 4.78 is 5.45. The molecule has 1 fully saturated rings. The molecule has 1 heterocycles. The van der Waals surface area contributed by atoms with E-state index in [9.17, 15) is 4.79 Å². The first-order chi connectivity index (χ1) is 11.7. The molecule has 1 atom stereocenters. The molecule has 5 heteroatoms. The lowest BCUT2D eigenvalue weighted by atomic mass is 10.0. The number of halogens is 1. The van der Waals surface area contributed by atoms with E-state index in [2.05, 4.69) is 22.3 Å². The molecule has 126 valence electrons. The Labute approximate surface area is 147 Å². The van der Waals surface area contributed by atoms with Crippen molar-refractivity contribution < 1.29 is 9.53 Å². The van der Waals surface area contributed by atoms with Crippen molar-refractivity contribution in [2.75, 3.05) is 32.8 Å². The van der Waals surface area contributed by atoms with Gasteiger partial charge >= 0.3 is 0 Å². The van der Waals surface area contributed by atoms with Gasteiger partial charge in [-0.1, -0.05) is 48.0 Å². The first kappa shape index (κ1) is 17.0. The smallest absolute Gasteiger partial charge is 0.251 e. The second-order valence-corrected chi connectivity index (χ2v) is 6.23. The Morgan fingerprint density at radius 1 is 1.12 bits per heavy atom. The number of hydrogen-bond acceptors (Lipinski definition) is 3. The minimum Gasteiger partial charge on any atom is -0.379 e. The van der Waals surface area contributed by atoms with Gasteiger partial charge in [0, 0.05) is 30.2 Å². The topological polar surface area (TPSA) is 41.6 Å². The maximum Gasteiger partial charge on any atom is 0.251 e. The third-order valence-electron chi connectivity index (χ3n) is 4.21. The van der Waals surface area contributed by atoms with E-state index < -0.39 is 0 Å². The highest BCUT2D eigenvalue weighted by molar-refractivity contribution is 6.30. The summed E-state index contributed by atoms with van der Waals surface area (Å²) in [6.45, 7) is 3.74. The molecule has 2 aromatic rings. The summed E-state index contributed by atoms with van der Waals surface area (Å²) in [6.07, 6.45) is 0. The van der Waals surface area contributed by atoms with Crippen LogP contribution in [0.25, 0.3) is 0 Å². The monoisotopic (exact) mass is 344 g/mol. The summed E-state index contributed by atoms with van der Waals surface area (Å²) in [4.78, 5) is 14.8. The number of nitrogens with zero attached hydrogens (tertiary/aromatic N) is 1. The standard InChI is InChI=1S/C19H21ClN2O2/c20-17-8-4-7-16(13-17)19(23)21-14-18(15-5-2-1-3-6-15)22-9-11-24-12-10-22/h1-8,13,18H,9-12,14H2,(H,21,23)/t18-/m0/s1. The number of nitrogens with one attached hydrogen (secondary N) is 1. The molecule has 2 aromatic carbocycles. The van der Waals surface area contributed by atoms with Gasteiger partial charge in [-0.3, -0.25) is 9.69 Å². The number of rotatable bonds is 5. The van der Waals surface area contributed by atoms with E-state index in [-0.39, 0.29) is 11.9 Å². The number of ether oxygens (including phenoxy) is 1. The molecule has 0 aliphatic carbocycles. The van der Waals surface area contributed by atoms with Crippen molar-refractivity contribution in [2.24, 2.45) is 0 Å². The van der Waals surface area contributed by atoms with Gasteiger partial charge in [-0.15, -0.1) is 0 Å². The van der Waals surface area contributed by atoms with Crippen molar-refractivity contribution in [3.8, 4) is 0 Å². The van der Waals surface area contributed by atoms with Crippen LogP contribution in [-0.4, -0.2) is 43.7 Å². The number of morpholine rings is 1. The summed E-state index contributed by atoms with van der Waals surface area (Å²) in [7, 11) is 0. The van der Waals surface area contributed by atoms with E-state index in [0.717, 1.165) is 26.3 Å². The predicted octanol–water partition coefficient (Wildman–Crippen LogP) is 3.14. The number of benzene rings is 2. The van der Waals surface area contributed by atoms with Gasteiger partial charge in [0.15, 0.2) is 0 Å². The lowest BCUT2D eigenvalue weighted by molar-refractivity contribution is 0.0162. The number of carbonyl (C=O) groups is 1. The normalized spacial score (nSPS) is 16.5. The molecule has 3 rings (SSSR count). The average Bonchev–Trinajstić information content (AvgIpc) is 2.63. The van der Waals surface area contributed by atoms with Gasteiger partial charge in [-0.25, -0.2) is 0 Å². The van der Waals surface area contributed by atoms with Crippen LogP contribution in [0.2, 0.25) is 5.02 Å². The number of amides is 1. The van der Waals surface area contributed by atoms with Crippen LogP contribution in [0, 0.1) is 0 Å². The number of hydrogen-bond donors (Lipinski definition) is 1. The van der Waals surface area contributed by atoms with Gasteiger partial charge in [0.05, 0.1) is 19.3 Å². The lowest BCUT2D eigenvalue weighted by Crippen LogP contribution is -2.43. The Kier molecular flexibility index (Phi) is 5.86. The predicted molar refractivity (Wildman–Crippen MR) is 95.4 cm³/mol. The molecular weight excluding hydrogens is 324 g/mol. The minimum atomic E-state index is -0.105. The number of carbonyl (C=O) groups excluding carboxylic acids is 1. The van der Waals surface area contributed by atoms with Crippen LogP contribution in [0.5, 0.6) is 0 Å². The molecule has 0 spiro atoms. The quantitative estimate of drug-likeness (QED) is 0.906. The van der Waals surface area contributed by atoms with Crippen LogP contribution in [0.1, 0.15) is 22.0 Å². The molecule has 0 bridgehead atoms. The van der Waals surface area contributed by atoms with Gasteiger partial charge in [0.1, 0.15) is 0 Å². The Balaban J connectivity index is 1.71. The first-order valence-corrected chi connectivity index (χ1v) is 8.52. The fourth-order valence-corrected chi connectivity index (χ4v) is 3.13. The zero-order valence-electron chi connectivity index (χ0n) is 13.5. The van der Waals surface area contributed by atoms with Gasteiger partial charge in [-0.05, 0) is 23.8 Å². The minimum absolute atomic E-state index is 0.105. The van der Waals surface area contributed by atoms with E-state index in [4.69, 9.17) is 16.3 Å². The summed E-state index contributed by atoms with van der Waals surface area (Å²) >= 11 is 5.97. The summed E-state index contributed by atoms with van der Waals surface area (Å²) in [5, 5.41) is 3.61. The van der Waals surface area contributed by atoms with Gasteiger partial charge in [0.25, 0.3) is 5.91 Å². The highest BCUT2D eigenvalue weighted by Gasteiger charge is 2.23. The second-order valence-electron chi connectivity index (χ2n) is 5.80. The fourth-order valence-electron chi connectivity index (χ4n) is 2.94. The van der Waals surface area contributed by atoms with E-state index >= 15 is 0 Å².